The molecule has 2 rings (SSSR count). The zero-order chi connectivity index (χ0) is 20.6. The van der Waals surface area contributed by atoms with Crippen LogP contribution in [0.5, 0.6) is 0 Å². The molecule has 6 nitrogen and oxygen atoms in total. The van der Waals surface area contributed by atoms with Crippen molar-refractivity contribution in [3.8, 4) is 0 Å². The molecule has 1 aromatic rings. The van der Waals surface area contributed by atoms with Crippen molar-refractivity contribution in [1.82, 2.24) is 14.5 Å². The van der Waals surface area contributed by atoms with Crippen LogP contribution < -0.4 is 5.32 Å². The molecular weight excluding hydrogens is 398 g/mol. The average Bonchev–Trinajstić information content (AvgIpc) is 2.95. The summed E-state index contributed by atoms with van der Waals surface area (Å²) < 4.78 is 26.7. The van der Waals surface area contributed by atoms with Gasteiger partial charge in [-0.2, -0.15) is 4.31 Å². The number of benzene rings is 1. The summed E-state index contributed by atoms with van der Waals surface area (Å²) in [6, 6.07) is 4.30. The van der Waals surface area contributed by atoms with Crippen LogP contribution in [0.4, 0.5) is 0 Å². The monoisotopic (exact) mass is 429 g/mol. The van der Waals surface area contributed by atoms with Crippen molar-refractivity contribution in [2.75, 3.05) is 39.3 Å². The summed E-state index contributed by atoms with van der Waals surface area (Å²) in [5.41, 5.74) is 0.199. The molecule has 1 aliphatic heterocycles. The number of amides is 1. The van der Waals surface area contributed by atoms with E-state index in [0.717, 1.165) is 26.1 Å². The van der Waals surface area contributed by atoms with E-state index in [-0.39, 0.29) is 21.4 Å². The van der Waals surface area contributed by atoms with Crippen molar-refractivity contribution in [3.63, 3.8) is 0 Å². The lowest BCUT2D eigenvalue weighted by Crippen LogP contribution is -2.32. The van der Waals surface area contributed by atoms with Crippen LogP contribution in [-0.2, 0) is 10.0 Å². The minimum Gasteiger partial charge on any atom is -0.352 e. The van der Waals surface area contributed by atoms with E-state index < -0.39 is 10.0 Å². The molecule has 0 atom stereocenters. The Hall–Kier alpha value is -1.15. The zero-order valence-electron chi connectivity index (χ0n) is 16.9. The summed E-state index contributed by atoms with van der Waals surface area (Å²) >= 11 is 6.16. The van der Waals surface area contributed by atoms with Gasteiger partial charge in [-0.15, -0.1) is 0 Å². The molecule has 1 saturated heterocycles. The van der Waals surface area contributed by atoms with Gasteiger partial charge in [-0.1, -0.05) is 38.3 Å². The lowest BCUT2D eigenvalue weighted by molar-refractivity contribution is 0.0951. The highest BCUT2D eigenvalue weighted by Gasteiger charge is 2.23. The molecule has 0 bridgehead atoms. The third-order valence-corrected chi connectivity index (χ3v) is 7.54. The van der Waals surface area contributed by atoms with Crippen molar-refractivity contribution < 1.29 is 13.2 Å². The first-order valence-electron chi connectivity index (χ1n) is 10.2. The minimum absolute atomic E-state index is 0.0929. The third-order valence-electron chi connectivity index (χ3n) is 5.16. The van der Waals surface area contributed by atoms with E-state index in [2.05, 4.69) is 10.2 Å². The molecule has 1 N–H and O–H groups in total. The Morgan fingerprint density at radius 2 is 1.79 bits per heavy atom. The summed E-state index contributed by atoms with van der Waals surface area (Å²) in [6.45, 7) is 8.09. The van der Waals surface area contributed by atoms with Gasteiger partial charge < -0.3 is 10.2 Å². The second-order valence-corrected chi connectivity index (χ2v) is 9.44. The number of hydrogen-bond acceptors (Lipinski definition) is 4. The number of carbonyl (C=O) groups excluding carboxylic acids is 1. The van der Waals surface area contributed by atoms with Crippen LogP contribution in [0.15, 0.2) is 23.1 Å². The fourth-order valence-corrected chi connectivity index (χ4v) is 5.20. The van der Waals surface area contributed by atoms with Gasteiger partial charge in [0, 0.05) is 19.6 Å². The largest absolute Gasteiger partial charge is 0.352 e. The summed E-state index contributed by atoms with van der Waals surface area (Å²) in [4.78, 5) is 15.1. The smallest absolute Gasteiger partial charge is 0.252 e. The summed E-state index contributed by atoms with van der Waals surface area (Å²) in [5, 5.41) is 3.13. The average molecular weight is 430 g/mol. The summed E-state index contributed by atoms with van der Waals surface area (Å²) in [6.07, 6.45) is 5.96. The zero-order valence-corrected chi connectivity index (χ0v) is 18.5. The van der Waals surface area contributed by atoms with E-state index in [4.69, 9.17) is 11.6 Å². The number of rotatable bonds is 9. The Bertz CT molecular complexity index is 743. The van der Waals surface area contributed by atoms with Crippen LogP contribution in [0.1, 0.15) is 56.3 Å². The molecule has 0 unspecified atom stereocenters. The first-order chi connectivity index (χ1) is 13.4. The van der Waals surface area contributed by atoms with E-state index in [9.17, 15) is 13.2 Å². The molecule has 1 heterocycles. The van der Waals surface area contributed by atoms with Crippen molar-refractivity contribution >= 4 is 27.5 Å². The van der Waals surface area contributed by atoms with Crippen molar-refractivity contribution in [1.29, 1.82) is 0 Å². The molecule has 8 heteroatoms. The maximum absolute atomic E-state index is 12.7. The Morgan fingerprint density at radius 3 is 2.39 bits per heavy atom. The molecule has 28 heavy (non-hydrogen) atoms. The molecule has 158 valence electrons. The highest BCUT2D eigenvalue weighted by molar-refractivity contribution is 7.89. The SMILES string of the molecule is CCN(CC)S(=O)(=O)c1ccc(Cl)c(C(=O)NCCCN2CCCCCC2)c1. The predicted octanol–water partition coefficient (Wildman–Crippen LogP) is 3.37. The number of nitrogens with zero attached hydrogens (tertiary/aromatic N) is 2. The number of carbonyl (C=O) groups is 1. The lowest BCUT2D eigenvalue weighted by atomic mass is 10.2. The Kier molecular flexibility index (Phi) is 9.21. The normalized spacial score (nSPS) is 16.1. The summed E-state index contributed by atoms with van der Waals surface area (Å²) in [5.74, 6) is -0.336. The van der Waals surface area contributed by atoms with E-state index in [1.807, 2.05) is 0 Å². The molecule has 0 radical (unpaired) electrons. The molecular formula is C20H32ClN3O3S. The van der Waals surface area contributed by atoms with E-state index in [1.165, 1.54) is 48.2 Å². The highest BCUT2D eigenvalue weighted by Crippen LogP contribution is 2.23. The van der Waals surface area contributed by atoms with Crippen LogP contribution in [-0.4, -0.2) is 62.8 Å². The maximum Gasteiger partial charge on any atom is 0.252 e. The van der Waals surface area contributed by atoms with Gasteiger partial charge in [-0.3, -0.25) is 4.79 Å². The first-order valence-corrected chi connectivity index (χ1v) is 12.0. The molecule has 0 spiro atoms. The highest BCUT2D eigenvalue weighted by atomic mass is 35.5. The molecule has 1 amide bonds. The molecule has 0 saturated carbocycles. The van der Waals surface area contributed by atoms with E-state index >= 15 is 0 Å². The lowest BCUT2D eigenvalue weighted by Gasteiger charge is -2.20. The van der Waals surface area contributed by atoms with E-state index in [1.54, 1.807) is 13.8 Å². The molecule has 1 fully saturated rings. The molecule has 0 aromatic heterocycles. The minimum atomic E-state index is -3.63. The predicted molar refractivity (Wildman–Crippen MR) is 113 cm³/mol. The molecule has 1 aliphatic rings. The van der Waals surface area contributed by atoms with E-state index in [0.29, 0.717) is 19.6 Å². The Balaban J connectivity index is 1.97. The topological polar surface area (TPSA) is 69.7 Å². The second-order valence-electron chi connectivity index (χ2n) is 7.10. The second kappa shape index (κ2) is 11.1. The van der Waals surface area contributed by atoms with Gasteiger partial charge in [-0.25, -0.2) is 8.42 Å². The number of likely N-dealkylation sites (tertiary alicyclic amines) is 1. The van der Waals surface area contributed by atoms with Crippen LogP contribution in [0.2, 0.25) is 5.02 Å². The Morgan fingerprint density at radius 1 is 1.14 bits per heavy atom. The third kappa shape index (κ3) is 6.17. The fraction of sp³-hybridized carbons (Fsp3) is 0.650. The summed E-state index contributed by atoms with van der Waals surface area (Å²) in [7, 11) is -3.63. The standard InChI is InChI=1S/C20H32ClN3O3S/c1-3-24(4-2)28(26,27)17-10-11-19(21)18(16-17)20(25)22-12-9-15-23-13-7-5-6-8-14-23/h10-11,16H,3-9,12-15H2,1-2H3,(H,22,25). The Labute approximate surface area is 174 Å². The van der Waals surface area contributed by atoms with Gasteiger partial charge in [0.05, 0.1) is 15.5 Å². The van der Waals surface area contributed by atoms with Gasteiger partial charge in [0.15, 0.2) is 0 Å². The van der Waals surface area contributed by atoms with Gasteiger partial charge in [-0.05, 0) is 57.1 Å². The van der Waals surface area contributed by atoms with Crippen molar-refractivity contribution in [2.24, 2.45) is 0 Å². The van der Waals surface area contributed by atoms with Gasteiger partial charge in [0.1, 0.15) is 0 Å². The van der Waals surface area contributed by atoms with Crippen LogP contribution in [0.3, 0.4) is 0 Å². The number of sulfonamides is 1. The number of nitrogens with one attached hydrogen (secondary N) is 1. The fourth-order valence-electron chi connectivity index (χ4n) is 3.51. The van der Waals surface area contributed by atoms with Crippen molar-refractivity contribution in [2.45, 2.75) is 50.8 Å². The first kappa shape index (κ1) is 23.1. The molecule has 0 aliphatic carbocycles. The van der Waals surface area contributed by atoms with Gasteiger partial charge in [0.25, 0.3) is 5.91 Å². The van der Waals surface area contributed by atoms with Crippen LogP contribution in [0, 0.1) is 0 Å². The number of halogens is 1. The maximum atomic E-state index is 12.7. The van der Waals surface area contributed by atoms with Crippen LogP contribution in [0.25, 0.3) is 0 Å². The number of hydrogen-bond donors (Lipinski definition) is 1. The molecule has 1 aromatic carbocycles. The van der Waals surface area contributed by atoms with Gasteiger partial charge >= 0.3 is 0 Å². The van der Waals surface area contributed by atoms with Gasteiger partial charge in [0.2, 0.25) is 10.0 Å². The van der Waals surface area contributed by atoms with Crippen LogP contribution >= 0.6 is 11.6 Å². The quantitative estimate of drug-likeness (QED) is 0.611. The van der Waals surface area contributed by atoms with Crippen molar-refractivity contribution in [3.05, 3.63) is 28.8 Å².